The summed E-state index contributed by atoms with van der Waals surface area (Å²) in [5.41, 5.74) is 1.14. The van der Waals surface area contributed by atoms with Crippen molar-refractivity contribution in [3.63, 3.8) is 0 Å². The zero-order valence-electron chi connectivity index (χ0n) is 17.7. The molecule has 0 unspecified atom stereocenters. The predicted octanol–water partition coefficient (Wildman–Crippen LogP) is 1.38. The van der Waals surface area contributed by atoms with Crippen molar-refractivity contribution in [3.8, 4) is 5.75 Å². The molecular weight excluding hydrogens is 531 g/mol. The highest BCUT2D eigenvalue weighted by atomic mass is 127. The van der Waals surface area contributed by atoms with Gasteiger partial charge in [-0.15, -0.1) is 24.0 Å². The highest BCUT2D eigenvalue weighted by Gasteiger charge is 2.20. The summed E-state index contributed by atoms with van der Waals surface area (Å²) in [6.07, 6.45) is 2.87. The minimum Gasteiger partial charge on any atom is -0.497 e. The number of pyridine rings is 1. The maximum atomic E-state index is 12.2. The normalized spacial score (nSPS) is 14.7. The summed E-state index contributed by atoms with van der Waals surface area (Å²) in [4.78, 5) is 12.8. The van der Waals surface area contributed by atoms with Crippen LogP contribution in [0.4, 0.5) is 5.69 Å². The number of sulfonamides is 1. The zero-order chi connectivity index (χ0) is 21.4. The van der Waals surface area contributed by atoms with Crippen molar-refractivity contribution < 1.29 is 13.2 Å². The molecular formula is C20H29IN6O3S. The van der Waals surface area contributed by atoms with Gasteiger partial charge in [0.25, 0.3) is 0 Å². The summed E-state index contributed by atoms with van der Waals surface area (Å²) >= 11 is 0. The molecule has 2 heterocycles. The van der Waals surface area contributed by atoms with Gasteiger partial charge in [0.1, 0.15) is 10.6 Å². The number of rotatable bonds is 7. The standard InChI is InChI=1S/C20H28N6O3S.HI/c1-21-20(23-9-10-24-30(27,28)19-7-4-8-22-16-19)26-13-11-25(12-14-26)17-5-3-6-18(15-17)29-2;/h3-8,15-16,24H,9-14H2,1-2H3,(H,21,23);1H. The second-order valence-corrected chi connectivity index (χ2v) is 8.50. The molecule has 1 aromatic heterocycles. The second kappa shape index (κ2) is 12.1. The molecule has 170 valence electrons. The number of ether oxygens (including phenoxy) is 1. The van der Waals surface area contributed by atoms with Crippen molar-refractivity contribution in [1.29, 1.82) is 0 Å². The molecule has 31 heavy (non-hydrogen) atoms. The second-order valence-electron chi connectivity index (χ2n) is 6.74. The maximum Gasteiger partial charge on any atom is 0.242 e. The van der Waals surface area contributed by atoms with Crippen LogP contribution in [0.1, 0.15) is 0 Å². The number of nitrogens with zero attached hydrogens (tertiary/aromatic N) is 4. The van der Waals surface area contributed by atoms with Crippen LogP contribution in [-0.2, 0) is 10.0 Å². The Morgan fingerprint density at radius 3 is 2.58 bits per heavy atom. The quantitative estimate of drug-likeness (QED) is 0.229. The van der Waals surface area contributed by atoms with Gasteiger partial charge in [-0.05, 0) is 24.3 Å². The molecule has 0 aliphatic carbocycles. The molecule has 0 atom stereocenters. The topological polar surface area (TPSA) is 99.2 Å². The van der Waals surface area contributed by atoms with Crippen LogP contribution in [-0.4, -0.2) is 77.7 Å². The van der Waals surface area contributed by atoms with Gasteiger partial charge in [0.15, 0.2) is 5.96 Å². The lowest BCUT2D eigenvalue weighted by Crippen LogP contribution is -2.53. The van der Waals surface area contributed by atoms with Crippen LogP contribution in [0, 0.1) is 0 Å². The lowest BCUT2D eigenvalue weighted by Gasteiger charge is -2.37. The van der Waals surface area contributed by atoms with E-state index in [0.717, 1.165) is 43.6 Å². The van der Waals surface area contributed by atoms with Gasteiger partial charge in [0.05, 0.1) is 7.11 Å². The molecule has 1 aliphatic heterocycles. The van der Waals surface area contributed by atoms with E-state index in [4.69, 9.17) is 4.74 Å². The van der Waals surface area contributed by atoms with Crippen molar-refractivity contribution in [2.45, 2.75) is 4.90 Å². The molecule has 1 fully saturated rings. The maximum absolute atomic E-state index is 12.2. The first kappa shape index (κ1) is 25.1. The molecule has 9 nitrogen and oxygen atoms in total. The number of piperazine rings is 1. The van der Waals surface area contributed by atoms with E-state index >= 15 is 0 Å². The lowest BCUT2D eigenvalue weighted by atomic mass is 10.2. The van der Waals surface area contributed by atoms with Crippen LogP contribution in [0.15, 0.2) is 58.7 Å². The predicted molar refractivity (Wildman–Crippen MR) is 133 cm³/mol. The summed E-state index contributed by atoms with van der Waals surface area (Å²) in [6, 6.07) is 11.2. The smallest absolute Gasteiger partial charge is 0.242 e. The number of guanidine groups is 1. The molecule has 1 saturated heterocycles. The Kier molecular flexibility index (Phi) is 9.78. The molecule has 0 bridgehead atoms. The van der Waals surface area contributed by atoms with E-state index in [-0.39, 0.29) is 35.4 Å². The van der Waals surface area contributed by atoms with Crippen molar-refractivity contribution in [1.82, 2.24) is 19.9 Å². The average Bonchev–Trinajstić information content (AvgIpc) is 2.80. The Hall–Kier alpha value is -2.12. The SMILES string of the molecule is CN=C(NCCNS(=O)(=O)c1cccnc1)N1CCN(c2cccc(OC)c2)CC1.I. The Morgan fingerprint density at radius 1 is 1.16 bits per heavy atom. The summed E-state index contributed by atoms with van der Waals surface area (Å²) in [7, 11) is -0.153. The van der Waals surface area contributed by atoms with E-state index in [9.17, 15) is 8.42 Å². The van der Waals surface area contributed by atoms with Gasteiger partial charge in [-0.1, -0.05) is 6.07 Å². The largest absolute Gasteiger partial charge is 0.497 e. The molecule has 0 saturated carbocycles. The molecule has 2 N–H and O–H groups in total. The molecule has 1 aromatic carbocycles. The molecule has 0 spiro atoms. The van der Waals surface area contributed by atoms with E-state index in [1.165, 1.54) is 12.3 Å². The summed E-state index contributed by atoms with van der Waals surface area (Å²) in [5, 5.41) is 3.23. The van der Waals surface area contributed by atoms with Crippen molar-refractivity contribution in [2.75, 3.05) is 58.3 Å². The molecule has 2 aromatic rings. The Balaban J connectivity index is 0.00000341. The first-order chi connectivity index (χ1) is 14.5. The Labute approximate surface area is 201 Å². The van der Waals surface area contributed by atoms with Gasteiger partial charge in [-0.2, -0.15) is 0 Å². The minimum absolute atomic E-state index is 0. The summed E-state index contributed by atoms with van der Waals surface area (Å²) in [6.45, 7) is 4.04. The number of benzene rings is 1. The molecule has 3 rings (SSSR count). The van der Waals surface area contributed by atoms with Gasteiger partial charge in [-0.25, -0.2) is 13.1 Å². The van der Waals surface area contributed by atoms with E-state index in [0.29, 0.717) is 6.54 Å². The highest BCUT2D eigenvalue weighted by molar-refractivity contribution is 14.0. The van der Waals surface area contributed by atoms with Crippen LogP contribution < -0.4 is 19.7 Å². The van der Waals surface area contributed by atoms with Crippen LogP contribution in [0.2, 0.25) is 0 Å². The zero-order valence-corrected chi connectivity index (χ0v) is 20.8. The highest BCUT2D eigenvalue weighted by Crippen LogP contribution is 2.22. The fourth-order valence-corrected chi connectivity index (χ4v) is 4.26. The lowest BCUT2D eigenvalue weighted by molar-refractivity contribution is 0.372. The van der Waals surface area contributed by atoms with Crippen LogP contribution >= 0.6 is 24.0 Å². The third-order valence-corrected chi connectivity index (χ3v) is 6.30. The number of anilines is 1. The van der Waals surface area contributed by atoms with Gasteiger partial charge in [0.2, 0.25) is 10.0 Å². The molecule has 0 radical (unpaired) electrons. The monoisotopic (exact) mass is 560 g/mol. The van der Waals surface area contributed by atoms with E-state index in [1.54, 1.807) is 26.4 Å². The van der Waals surface area contributed by atoms with Gasteiger partial charge < -0.3 is 19.9 Å². The summed E-state index contributed by atoms with van der Waals surface area (Å²) in [5.74, 6) is 1.61. The number of hydrogen-bond donors (Lipinski definition) is 2. The average molecular weight is 560 g/mol. The van der Waals surface area contributed by atoms with Crippen LogP contribution in [0.3, 0.4) is 0 Å². The van der Waals surface area contributed by atoms with Gasteiger partial charge in [-0.3, -0.25) is 9.98 Å². The number of nitrogens with one attached hydrogen (secondary N) is 2. The van der Waals surface area contributed by atoms with Crippen molar-refractivity contribution in [2.24, 2.45) is 4.99 Å². The van der Waals surface area contributed by atoms with E-state index in [1.807, 2.05) is 18.2 Å². The molecule has 11 heteroatoms. The van der Waals surface area contributed by atoms with Crippen molar-refractivity contribution >= 4 is 45.6 Å². The number of hydrogen-bond acceptors (Lipinski definition) is 6. The van der Waals surface area contributed by atoms with Crippen LogP contribution in [0.25, 0.3) is 0 Å². The van der Waals surface area contributed by atoms with E-state index in [2.05, 4.69) is 35.9 Å². The third kappa shape index (κ3) is 6.94. The number of methoxy groups -OCH3 is 1. The van der Waals surface area contributed by atoms with Gasteiger partial charge in [0, 0.05) is 70.5 Å². The van der Waals surface area contributed by atoms with Crippen molar-refractivity contribution in [3.05, 3.63) is 48.8 Å². The summed E-state index contributed by atoms with van der Waals surface area (Å²) < 4.78 is 32.3. The first-order valence-electron chi connectivity index (χ1n) is 9.78. The molecule has 1 aliphatic rings. The third-order valence-electron chi connectivity index (χ3n) is 4.85. The number of aliphatic imine (C=N–C) groups is 1. The first-order valence-corrected chi connectivity index (χ1v) is 11.3. The molecule has 0 amide bonds. The number of halogens is 1. The van der Waals surface area contributed by atoms with Crippen LogP contribution in [0.5, 0.6) is 5.75 Å². The Morgan fingerprint density at radius 2 is 1.94 bits per heavy atom. The fourth-order valence-electron chi connectivity index (χ4n) is 3.27. The van der Waals surface area contributed by atoms with E-state index < -0.39 is 10.0 Å². The number of aromatic nitrogens is 1. The Bertz CT molecular complexity index is 950. The minimum atomic E-state index is -3.56. The van der Waals surface area contributed by atoms with Gasteiger partial charge >= 0.3 is 0 Å². The fraction of sp³-hybridized carbons (Fsp3) is 0.400.